The van der Waals surface area contributed by atoms with Crippen molar-refractivity contribution >= 4 is 5.97 Å². The molecule has 0 saturated heterocycles. The smallest absolute Gasteiger partial charge is 0.317 e. The largest absolute Gasteiger partial charge is 0.489 e. The summed E-state index contributed by atoms with van der Waals surface area (Å²) in [6, 6.07) is 3.69. The summed E-state index contributed by atoms with van der Waals surface area (Å²) in [7, 11) is 3.19. The van der Waals surface area contributed by atoms with Crippen LogP contribution in [0.3, 0.4) is 0 Å². The van der Waals surface area contributed by atoms with Gasteiger partial charge in [-0.2, -0.15) is 4.98 Å². The first-order chi connectivity index (χ1) is 17.8. The van der Waals surface area contributed by atoms with E-state index in [1.165, 1.54) is 7.11 Å². The lowest BCUT2D eigenvalue weighted by molar-refractivity contribution is -0.143. The quantitative estimate of drug-likeness (QED) is 0.456. The fourth-order valence-electron chi connectivity index (χ4n) is 5.49. The average Bonchev–Trinajstić information content (AvgIpc) is 3.55. The fourth-order valence-corrected chi connectivity index (χ4v) is 5.49. The molecule has 0 amide bonds. The normalized spacial score (nSPS) is 22.7. The van der Waals surface area contributed by atoms with Crippen LogP contribution >= 0.6 is 0 Å². The van der Waals surface area contributed by atoms with E-state index < -0.39 is 11.8 Å². The number of halogens is 1. The first-order valence-corrected chi connectivity index (χ1v) is 12.2. The third-order valence-corrected chi connectivity index (χ3v) is 7.32. The molecule has 2 saturated carbocycles. The van der Waals surface area contributed by atoms with Gasteiger partial charge in [-0.15, -0.1) is 5.10 Å². The van der Waals surface area contributed by atoms with Crippen LogP contribution in [0.15, 0.2) is 18.3 Å². The zero-order chi connectivity index (χ0) is 26.1. The molecule has 0 aromatic carbocycles. The molecule has 4 atom stereocenters. The topological polar surface area (TPSA) is 134 Å². The van der Waals surface area contributed by atoms with Crippen LogP contribution in [0.25, 0.3) is 11.4 Å². The summed E-state index contributed by atoms with van der Waals surface area (Å²) in [5.74, 6) is -0.247. The van der Waals surface area contributed by atoms with Gasteiger partial charge in [-0.1, -0.05) is 5.21 Å². The van der Waals surface area contributed by atoms with E-state index in [1.807, 2.05) is 19.1 Å². The third kappa shape index (κ3) is 5.10. The minimum absolute atomic E-state index is 0.00313. The Morgan fingerprint density at radius 1 is 1.22 bits per heavy atom. The van der Waals surface area contributed by atoms with Crippen molar-refractivity contribution in [2.24, 2.45) is 24.8 Å². The fraction of sp³-hybridized carbons (Fsp3) is 0.520. The summed E-state index contributed by atoms with van der Waals surface area (Å²) >= 11 is 0. The minimum atomic E-state index is -0.694. The maximum absolute atomic E-state index is 13.8. The molecular weight excluding hydrogens is 483 g/mol. The molecule has 12 heteroatoms. The van der Waals surface area contributed by atoms with Gasteiger partial charge in [0.2, 0.25) is 0 Å². The number of aromatic nitrogens is 6. The van der Waals surface area contributed by atoms with Crippen molar-refractivity contribution < 1.29 is 28.5 Å². The number of aliphatic carboxylic acids is 1. The second kappa shape index (κ2) is 10.4. The van der Waals surface area contributed by atoms with Gasteiger partial charge in [-0.3, -0.25) is 4.79 Å². The highest BCUT2D eigenvalue weighted by molar-refractivity contribution is 5.71. The molecule has 5 rings (SSSR count). The Labute approximate surface area is 213 Å². The van der Waals surface area contributed by atoms with Crippen molar-refractivity contribution in [3.63, 3.8) is 0 Å². The highest BCUT2D eigenvalue weighted by atomic mass is 19.1. The van der Waals surface area contributed by atoms with Crippen molar-refractivity contribution in [3.8, 4) is 23.1 Å². The number of hydrogen-bond donors (Lipinski definition) is 1. The van der Waals surface area contributed by atoms with Gasteiger partial charge in [0.25, 0.3) is 0 Å². The summed E-state index contributed by atoms with van der Waals surface area (Å²) in [5, 5.41) is 17.8. The number of nitrogens with zero attached hydrogens (tertiary/aromatic N) is 6. The van der Waals surface area contributed by atoms with E-state index in [2.05, 4.69) is 20.3 Å². The van der Waals surface area contributed by atoms with Crippen molar-refractivity contribution in [1.82, 2.24) is 29.9 Å². The molecule has 3 aromatic rings. The SMILES string of the molecule is COCc1nc(OCc2c(-c3ccc(OC4CC5CCC(C(=O)O)C5C4)c(C)n3)nnn2C)ncc1F. The zero-order valence-electron chi connectivity index (χ0n) is 20.9. The summed E-state index contributed by atoms with van der Waals surface area (Å²) in [6.45, 7) is 1.92. The number of carbonyl (C=O) groups is 1. The van der Waals surface area contributed by atoms with Gasteiger partial charge >= 0.3 is 12.0 Å². The van der Waals surface area contributed by atoms with Crippen molar-refractivity contribution in [1.29, 1.82) is 0 Å². The average molecular weight is 513 g/mol. The van der Waals surface area contributed by atoms with Crippen molar-refractivity contribution in [2.75, 3.05) is 7.11 Å². The molecule has 0 aliphatic heterocycles. The Kier molecular flexibility index (Phi) is 7.00. The number of rotatable bonds is 9. The van der Waals surface area contributed by atoms with Crippen LogP contribution in [0.5, 0.6) is 11.8 Å². The molecule has 0 bridgehead atoms. The lowest BCUT2D eigenvalue weighted by Crippen LogP contribution is -2.21. The molecule has 196 valence electrons. The number of hydrogen-bond acceptors (Lipinski definition) is 9. The monoisotopic (exact) mass is 512 g/mol. The molecule has 0 spiro atoms. The predicted molar refractivity (Wildman–Crippen MR) is 127 cm³/mol. The Bertz CT molecular complexity index is 1300. The number of ether oxygens (including phenoxy) is 3. The lowest BCUT2D eigenvalue weighted by Gasteiger charge is -2.18. The third-order valence-electron chi connectivity index (χ3n) is 7.32. The molecule has 11 nitrogen and oxygen atoms in total. The molecule has 2 aliphatic rings. The Balaban J connectivity index is 1.28. The zero-order valence-corrected chi connectivity index (χ0v) is 20.9. The number of carboxylic acid groups (broad SMARTS) is 1. The van der Waals surface area contributed by atoms with Gasteiger partial charge in [0.1, 0.15) is 29.4 Å². The number of aryl methyl sites for hydroxylation is 2. The summed E-state index contributed by atoms with van der Waals surface area (Å²) < 4.78 is 32.3. The van der Waals surface area contributed by atoms with Crippen LogP contribution < -0.4 is 9.47 Å². The molecule has 2 fully saturated rings. The van der Waals surface area contributed by atoms with Gasteiger partial charge < -0.3 is 19.3 Å². The molecule has 0 radical (unpaired) electrons. The summed E-state index contributed by atoms with van der Waals surface area (Å²) in [6.07, 6.45) is 4.37. The van der Waals surface area contributed by atoms with E-state index in [0.717, 1.165) is 31.9 Å². The number of pyridine rings is 1. The Morgan fingerprint density at radius 3 is 2.81 bits per heavy atom. The Morgan fingerprint density at radius 2 is 2.05 bits per heavy atom. The van der Waals surface area contributed by atoms with E-state index in [9.17, 15) is 14.3 Å². The number of methoxy groups -OCH3 is 1. The predicted octanol–water partition coefficient (Wildman–Crippen LogP) is 3.11. The van der Waals surface area contributed by atoms with Gasteiger partial charge in [0, 0.05) is 14.2 Å². The number of fused-ring (bicyclic) bond motifs is 1. The molecular formula is C25H29FN6O5. The highest BCUT2D eigenvalue weighted by Crippen LogP contribution is 2.48. The van der Waals surface area contributed by atoms with E-state index >= 15 is 0 Å². The van der Waals surface area contributed by atoms with Crippen LogP contribution in [0.1, 0.15) is 42.8 Å². The maximum Gasteiger partial charge on any atom is 0.317 e. The first-order valence-electron chi connectivity index (χ1n) is 12.2. The van der Waals surface area contributed by atoms with E-state index in [4.69, 9.17) is 19.2 Å². The lowest BCUT2D eigenvalue weighted by atomic mass is 9.92. The van der Waals surface area contributed by atoms with Gasteiger partial charge in [0.05, 0.1) is 36.2 Å². The maximum atomic E-state index is 13.8. The van der Waals surface area contributed by atoms with Crippen LogP contribution in [0.4, 0.5) is 4.39 Å². The number of carboxylic acids is 1. The van der Waals surface area contributed by atoms with Gasteiger partial charge in [-0.25, -0.2) is 19.0 Å². The highest BCUT2D eigenvalue weighted by Gasteiger charge is 2.47. The summed E-state index contributed by atoms with van der Waals surface area (Å²) in [4.78, 5) is 24.2. The summed E-state index contributed by atoms with van der Waals surface area (Å²) in [5.41, 5.74) is 2.59. The molecule has 3 aromatic heterocycles. The van der Waals surface area contributed by atoms with Crippen LogP contribution in [0, 0.1) is 30.5 Å². The molecule has 3 heterocycles. The molecule has 2 aliphatic carbocycles. The minimum Gasteiger partial charge on any atom is -0.489 e. The van der Waals surface area contributed by atoms with E-state index in [1.54, 1.807) is 11.7 Å². The van der Waals surface area contributed by atoms with Crippen LogP contribution in [-0.4, -0.2) is 54.2 Å². The van der Waals surface area contributed by atoms with Crippen molar-refractivity contribution in [3.05, 3.63) is 41.2 Å². The molecule has 4 unspecified atom stereocenters. The van der Waals surface area contributed by atoms with Crippen LogP contribution in [0.2, 0.25) is 0 Å². The standard InChI is InChI=1S/C25H29FN6O5/c1-13-22(37-15-8-14-4-5-16(24(33)34)17(14)9-15)7-6-19(28-13)23-21(32(2)31-30-23)12-36-25-27-10-18(26)20(29-25)11-35-3/h6-7,10,14-17H,4-5,8-9,11-12H2,1-3H3,(H,33,34). The second-order valence-electron chi connectivity index (χ2n) is 9.61. The van der Waals surface area contributed by atoms with Gasteiger partial charge in [0.15, 0.2) is 5.82 Å². The van der Waals surface area contributed by atoms with Crippen molar-refractivity contribution in [2.45, 2.75) is 51.9 Å². The molecule has 1 N–H and O–H groups in total. The van der Waals surface area contributed by atoms with E-state index in [-0.39, 0.29) is 42.9 Å². The molecule has 37 heavy (non-hydrogen) atoms. The van der Waals surface area contributed by atoms with Gasteiger partial charge in [-0.05, 0) is 56.6 Å². The Hall–Kier alpha value is -3.67. The second-order valence-corrected chi connectivity index (χ2v) is 9.61. The van der Waals surface area contributed by atoms with E-state index in [0.29, 0.717) is 34.4 Å². The first kappa shape index (κ1) is 25.0. The van der Waals surface area contributed by atoms with Crippen LogP contribution in [-0.2, 0) is 29.8 Å².